The van der Waals surface area contributed by atoms with Gasteiger partial charge in [-0.15, -0.1) is 0 Å². The quantitative estimate of drug-likeness (QED) is 0.275. The van der Waals surface area contributed by atoms with Gasteiger partial charge in [0.1, 0.15) is 0 Å². The number of nitrogens with zero attached hydrogens (tertiary/aromatic N) is 1. The molecule has 4 heteroatoms. The molecule has 0 atom stereocenters. The lowest BCUT2D eigenvalue weighted by Gasteiger charge is -2.25. The van der Waals surface area contributed by atoms with Gasteiger partial charge >= 0.3 is 0 Å². The van der Waals surface area contributed by atoms with Gasteiger partial charge in [-0.25, -0.2) is 0 Å². The highest BCUT2D eigenvalue weighted by molar-refractivity contribution is 5.76. The van der Waals surface area contributed by atoms with Crippen LogP contribution < -0.4 is 16.4 Å². The van der Waals surface area contributed by atoms with Gasteiger partial charge in [0.05, 0.1) is 11.4 Å². The van der Waals surface area contributed by atoms with E-state index < -0.39 is 0 Å². The first-order chi connectivity index (χ1) is 15.8. The highest BCUT2D eigenvalue weighted by Gasteiger charge is 2.10. The Morgan fingerprint density at radius 2 is 0.719 bits per heavy atom. The van der Waals surface area contributed by atoms with Crippen molar-refractivity contribution < 1.29 is 0 Å². The number of H-pyrrole nitrogens is 1. The Labute approximate surface area is 189 Å². The number of nitrogens with one attached hydrogen (secondary N) is 1. The Hall–Kier alpha value is -4.44. The molecule has 0 amide bonds. The number of anilines is 5. The third-order valence-electron chi connectivity index (χ3n) is 4.54. The molecule has 4 nitrogen and oxygen atoms in total. The van der Waals surface area contributed by atoms with Crippen LogP contribution in [0.2, 0.25) is 0 Å². The summed E-state index contributed by atoms with van der Waals surface area (Å²) in [5, 5.41) is 0. The Bertz CT molecular complexity index is 994. The van der Waals surface area contributed by atoms with E-state index in [1.165, 1.54) is 17.1 Å². The predicted octanol–water partition coefficient (Wildman–Crippen LogP) is 7.02. The first-order valence-corrected chi connectivity index (χ1v) is 10.4. The van der Waals surface area contributed by atoms with Crippen LogP contribution in [0.15, 0.2) is 140 Å². The number of rotatable bonds is 3. The fraction of sp³-hybridized carbons (Fsp3) is 0. The molecule has 0 bridgehead atoms. The van der Waals surface area contributed by atoms with E-state index in [2.05, 4.69) is 82.7 Å². The molecule has 0 spiro atoms. The maximum absolute atomic E-state index is 5.39. The van der Waals surface area contributed by atoms with Crippen LogP contribution in [-0.2, 0) is 0 Å². The molecule has 1 heterocycles. The molecule has 5 N–H and O–H groups in total. The molecule has 0 fully saturated rings. The molecule has 32 heavy (non-hydrogen) atoms. The van der Waals surface area contributed by atoms with E-state index >= 15 is 0 Å². The lowest BCUT2D eigenvalue weighted by molar-refractivity contribution is 1.28. The van der Waals surface area contributed by atoms with Crippen LogP contribution in [0, 0.1) is 0 Å². The van der Waals surface area contributed by atoms with E-state index in [1.807, 2.05) is 54.9 Å². The smallest absolute Gasteiger partial charge is 0.0547 e. The van der Waals surface area contributed by atoms with Crippen LogP contribution in [0.1, 0.15) is 0 Å². The van der Waals surface area contributed by atoms with E-state index in [9.17, 15) is 0 Å². The molecule has 5 rings (SSSR count). The van der Waals surface area contributed by atoms with E-state index in [1.54, 1.807) is 12.1 Å². The van der Waals surface area contributed by atoms with Crippen molar-refractivity contribution in [1.29, 1.82) is 0 Å². The first-order valence-electron chi connectivity index (χ1n) is 10.4. The zero-order chi connectivity index (χ0) is 22.4. The zero-order valence-corrected chi connectivity index (χ0v) is 17.9. The number of aromatic amines is 1. The Kier molecular flexibility index (Phi) is 8.55. The second-order valence-electron chi connectivity index (χ2n) is 6.86. The first kappa shape index (κ1) is 22.2. The molecule has 0 radical (unpaired) electrons. The molecular weight excluding hydrogens is 392 g/mol. The number of benzene rings is 4. The van der Waals surface area contributed by atoms with Crippen molar-refractivity contribution in [1.82, 2.24) is 4.98 Å². The summed E-state index contributed by atoms with van der Waals surface area (Å²) in [6, 6.07) is 42.4. The fourth-order valence-corrected chi connectivity index (χ4v) is 2.97. The molecule has 0 unspecified atom stereocenters. The van der Waals surface area contributed by atoms with Crippen molar-refractivity contribution in [3.05, 3.63) is 140 Å². The average molecular weight is 421 g/mol. The lowest BCUT2D eigenvalue weighted by atomic mass is 10.2. The van der Waals surface area contributed by atoms with Crippen LogP contribution in [0.25, 0.3) is 0 Å². The molecule has 0 aliphatic rings. The van der Waals surface area contributed by atoms with Gasteiger partial charge in [0.25, 0.3) is 0 Å². The summed E-state index contributed by atoms with van der Waals surface area (Å²) in [6.07, 6.45) is 3.75. The minimum Gasteiger partial charge on any atom is -0.397 e. The SMILES string of the molecule is Nc1ccccc1N.c1cc[nH]c1.c1ccc(N(c2ccccc2)c2ccccc2)cc1. The Morgan fingerprint density at radius 1 is 0.406 bits per heavy atom. The average Bonchev–Trinajstić information content (AvgIpc) is 3.44. The topological polar surface area (TPSA) is 71.1 Å². The molecule has 5 aromatic rings. The van der Waals surface area contributed by atoms with Gasteiger partial charge in [0.15, 0.2) is 0 Å². The minimum atomic E-state index is 0.646. The number of nitrogen functional groups attached to an aromatic ring is 2. The maximum atomic E-state index is 5.39. The van der Waals surface area contributed by atoms with Crippen LogP contribution in [-0.4, -0.2) is 4.98 Å². The van der Waals surface area contributed by atoms with Crippen molar-refractivity contribution in [2.24, 2.45) is 0 Å². The number of aromatic nitrogens is 1. The lowest BCUT2D eigenvalue weighted by Crippen LogP contribution is -2.09. The molecule has 0 saturated carbocycles. The fourth-order valence-electron chi connectivity index (χ4n) is 2.97. The highest BCUT2D eigenvalue weighted by Crippen LogP contribution is 2.33. The second kappa shape index (κ2) is 12.3. The van der Waals surface area contributed by atoms with E-state index in [-0.39, 0.29) is 0 Å². The van der Waals surface area contributed by atoms with Crippen molar-refractivity contribution in [3.8, 4) is 0 Å². The standard InChI is InChI=1S/C18H15N.C6H8N2.C4H5N/c1-4-10-16(11-5-1)19(17-12-6-2-7-13-17)18-14-8-3-9-15-18;7-5-3-1-2-4-6(5)8;1-2-4-5-3-1/h1-15H;1-4H,7-8H2;1-5H. The largest absolute Gasteiger partial charge is 0.397 e. The molecule has 0 saturated heterocycles. The van der Waals surface area contributed by atoms with Crippen LogP contribution in [0.5, 0.6) is 0 Å². The number of nitrogens with two attached hydrogens (primary N) is 2. The van der Waals surface area contributed by atoms with Gasteiger partial charge in [-0.3, -0.25) is 0 Å². The van der Waals surface area contributed by atoms with Gasteiger partial charge in [-0.2, -0.15) is 0 Å². The maximum Gasteiger partial charge on any atom is 0.0547 e. The van der Waals surface area contributed by atoms with Gasteiger partial charge in [0, 0.05) is 29.5 Å². The Balaban J connectivity index is 0.000000181. The van der Waals surface area contributed by atoms with Crippen molar-refractivity contribution in [2.45, 2.75) is 0 Å². The van der Waals surface area contributed by atoms with Gasteiger partial charge in [-0.1, -0.05) is 66.7 Å². The molecule has 160 valence electrons. The van der Waals surface area contributed by atoms with E-state index in [0.717, 1.165) is 0 Å². The van der Waals surface area contributed by atoms with Crippen LogP contribution >= 0.6 is 0 Å². The summed E-state index contributed by atoms with van der Waals surface area (Å²) in [6.45, 7) is 0. The molecule has 0 aliphatic carbocycles. The summed E-state index contributed by atoms with van der Waals surface area (Å²) in [5.74, 6) is 0. The zero-order valence-electron chi connectivity index (χ0n) is 17.9. The van der Waals surface area contributed by atoms with Crippen molar-refractivity contribution >= 4 is 28.4 Å². The third-order valence-corrected chi connectivity index (χ3v) is 4.54. The second-order valence-corrected chi connectivity index (χ2v) is 6.86. The van der Waals surface area contributed by atoms with Crippen LogP contribution in [0.3, 0.4) is 0 Å². The molecular formula is C28H28N4. The monoisotopic (exact) mass is 420 g/mol. The highest BCUT2D eigenvalue weighted by atomic mass is 15.1. The van der Waals surface area contributed by atoms with E-state index in [4.69, 9.17) is 11.5 Å². The predicted molar refractivity (Wildman–Crippen MR) is 137 cm³/mol. The number of hydrogen-bond acceptors (Lipinski definition) is 3. The summed E-state index contributed by atoms with van der Waals surface area (Å²) in [5.41, 5.74) is 15.6. The normalized spacial score (nSPS) is 9.50. The summed E-state index contributed by atoms with van der Waals surface area (Å²) < 4.78 is 0. The van der Waals surface area contributed by atoms with Crippen LogP contribution in [0.4, 0.5) is 28.4 Å². The summed E-state index contributed by atoms with van der Waals surface area (Å²) in [4.78, 5) is 5.11. The van der Waals surface area contributed by atoms with Crippen molar-refractivity contribution in [3.63, 3.8) is 0 Å². The Morgan fingerprint density at radius 3 is 0.969 bits per heavy atom. The molecule has 1 aromatic heterocycles. The number of para-hydroxylation sites is 5. The minimum absolute atomic E-state index is 0.646. The summed E-state index contributed by atoms with van der Waals surface area (Å²) in [7, 11) is 0. The van der Waals surface area contributed by atoms with Gasteiger partial charge in [0.2, 0.25) is 0 Å². The summed E-state index contributed by atoms with van der Waals surface area (Å²) >= 11 is 0. The van der Waals surface area contributed by atoms with E-state index in [0.29, 0.717) is 11.4 Å². The van der Waals surface area contributed by atoms with Crippen molar-refractivity contribution in [2.75, 3.05) is 16.4 Å². The van der Waals surface area contributed by atoms with Gasteiger partial charge in [-0.05, 0) is 60.7 Å². The number of hydrogen-bond donors (Lipinski definition) is 3. The van der Waals surface area contributed by atoms with Gasteiger partial charge < -0.3 is 21.4 Å². The molecule has 0 aliphatic heterocycles. The molecule has 4 aromatic carbocycles. The third kappa shape index (κ3) is 6.82.